The Morgan fingerprint density at radius 2 is 1.25 bits per heavy atom. The Kier molecular flexibility index (Phi) is 6.30. The van der Waals surface area contributed by atoms with Crippen molar-refractivity contribution >= 4 is 38.5 Å². The molecule has 250 valence electrons. The molecule has 0 bridgehead atoms. The SMILES string of the molecule is C/C=C1\C(=C/C)C2(c3ccccc3-c3c(-c4ccc(-c5nc6ccccc6n5-c5ccccc5)cc4)cccc32)c2ccc3c(oc4ccccc43)c21. The number of para-hydroxylation sites is 4. The van der Waals surface area contributed by atoms with E-state index in [4.69, 9.17) is 9.40 Å². The van der Waals surface area contributed by atoms with Gasteiger partial charge in [-0.3, -0.25) is 4.57 Å². The van der Waals surface area contributed by atoms with E-state index in [1.807, 2.05) is 0 Å². The summed E-state index contributed by atoms with van der Waals surface area (Å²) in [5, 5.41) is 2.31. The molecule has 0 aliphatic heterocycles. The second-order valence-electron chi connectivity index (χ2n) is 14.1. The van der Waals surface area contributed by atoms with Crippen LogP contribution in [0, 0.1) is 0 Å². The fraction of sp³-hybridized carbons (Fsp3) is 0.0600. The van der Waals surface area contributed by atoms with Crippen LogP contribution in [-0.4, -0.2) is 9.55 Å². The first-order chi connectivity index (χ1) is 26.2. The molecule has 0 radical (unpaired) electrons. The van der Waals surface area contributed by atoms with Crippen LogP contribution >= 0.6 is 0 Å². The highest BCUT2D eigenvalue weighted by molar-refractivity contribution is 6.13. The van der Waals surface area contributed by atoms with E-state index >= 15 is 0 Å². The van der Waals surface area contributed by atoms with Gasteiger partial charge in [-0.2, -0.15) is 0 Å². The Labute approximate surface area is 307 Å². The highest BCUT2D eigenvalue weighted by Gasteiger charge is 2.54. The molecule has 53 heavy (non-hydrogen) atoms. The van der Waals surface area contributed by atoms with E-state index in [-0.39, 0.29) is 0 Å². The molecule has 11 rings (SSSR count). The summed E-state index contributed by atoms with van der Waals surface area (Å²) in [5.74, 6) is 0.933. The van der Waals surface area contributed by atoms with Gasteiger partial charge in [0.2, 0.25) is 0 Å². The standard InChI is InChI=1S/C50H34N2O/c1-3-34-39(4-2)50(42-30-29-37-36-17-9-13-24-45(36)53-48(37)47(34)42)40-20-10-8-18-38(40)46-35(19-14-21-41(46)50)31-25-27-32(28-26-31)49-51-43-22-11-12-23-44(43)52(49)33-15-6-5-7-16-33/h3-30H,1-2H3/b34-3+,39-4+. The molecule has 0 saturated carbocycles. The van der Waals surface area contributed by atoms with Crippen molar-refractivity contribution in [2.24, 2.45) is 0 Å². The molecular formula is C50H34N2O. The second-order valence-corrected chi connectivity index (χ2v) is 14.1. The first-order valence-corrected chi connectivity index (χ1v) is 18.4. The number of allylic oxidation sites excluding steroid dienone is 4. The van der Waals surface area contributed by atoms with E-state index < -0.39 is 5.41 Å². The lowest BCUT2D eigenvalue weighted by Gasteiger charge is -2.31. The number of aromatic nitrogens is 2. The molecule has 2 aliphatic rings. The third-order valence-electron chi connectivity index (χ3n) is 11.6. The predicted octanol–water partition coefficient (Wildman–Crippen LogP) is 12.9. The first-order valence-electron chi connectivity index (χ1n) is 18.4. The summed E-state index contributed by atoms with van der Waals surface area (Å²) in [6.07, 6.45) is 4.61. The van der Waals surface area contributed by atoms with E-state index in [1.165, 1.54) is 55.7 Å². The third kappa shape index (κ3) is 3.91. The van der Waals surface area contributed by atoms with Gasteiger partial charge in [-0.05, 0) is 94.3 Å². The maximum Gasteiger partial charge on any atom is 0.145 e. The molecule has 0 amide bonds. The molecule has 1 spiro atoms. The number of rotatable bonds is 3. The molecule has 0 fully saturated rings. The fourth-order valence-corrected chi connectivity index (χ4v) is 9.53. The van der Waals surface area contributed by atoms with E-state index in [9.17, 15) is 0 Å². The van der Waals surface area contributed by atoms with Crippen LogP contribution in [-0.2, 0) is 5.41 Å². The van der Waals surface area contributed by atoms with Gasteiger partial charge in [0, 0.05) is 27.6 Å². The molecule has 7 aromatic carbocycles. The number of fused-ring (bicyclic) bond motifs is 12. The van der Waals surface area contributed by atoms with Crippen molar-refractivity contribution in [2.45, 2.75) is 19.3 Å². The average Bonchev–Trinajstić information content (AvgIpc) is 3.96. The third-order valence-corrected chi connectivity index (χ3v) is 11.6. The fourth-order valence-electron chi connectivity index (χ4n) is 9.53. The summed E-state index contributed by atoms with van der Waals surface area (Å²) in [4.78, 5) is 5.13. The molecule has 1 unspecified atom stereocenters. The lowest BCUT2D eigenvalue weighted by molar-refractivity contribution is 0.666. The number of furan rings is 1. The predicted molar refractivity (Wildman–Crippen MR) is 218 cm³/mol. The van der Waals surface area contributed by atoms with Crippen molar-refractivity contribution < 1.29 is 4.42 Å². The van der Waals surface area contributed by atoms with Gasteiger partial charge in [0.15, 0.2) is 0 Å². The summed E-state index contributed by atoms with van der Waals surface area (Å²) in [6.45, 7) is 4.35. The molecule has 2 heterocycles. The molecule has 9 aromatic rings. The Hall–Kier alpha value is -6.71. The van der Waals surface area contributed by atoms with Gasteiger partial charge >= 0.3 is 0 Å². The minimum absolute atomic E-state index is 0.471. The minimum Gasteiger partial charge on any atom is -0.455 e. The van der Waals surface area contributed by atoms with Crippen molar-refractivity contribution in [1.82, 2.24) is 9.55 Å². The first kappa shape index (κ1) is 30.0. The van der Waals surface area contributed by atoms with Crippen molar-refractivity contribution in [1.29, 1.82) is 0 Å². The Morgan fingerprint density at radius 1 is 0.547 bits per heavy atom. The van der Waals surface area contributed by atoms with Crippen LogP contribution in [0.15, 0.2) is 180 Å². The number of imidazole rings is 1. The van der Waals surface area contributed by atoms with E-state index in [1.54, 1.807) is 0 Å². The zero-order valence-corrected chi connectivity index (χ0v) is 29.5. The normalized spacial score (nSPS) is 17.4. The maximum atomic E-state index is 6.72. The molecule has 2 aromatic heterocycles. The monoisotopic (exact) mass is 678 g/mol. The zero-order valence-electron chi connectivity index (χ0n) is 29.5. The van der Waals surface area contributed by atoms with Crippen LogP contribution < -0.4 is 0 Å². The minimum atomic E-state index is -0.471. The highest BCUT2D eigenvalue weighted by atomic mass is 16.3. The van der Waals surface area contributed by atoms with Crippen molar-refractivity contribution in [3.8, 4) is 39.3 Å². The smallest absolute Gasteiger partial charge is 0.145 e. The second kappa shape index (κ2) is 11.1. The van der Waals surface area contributed by atoms with Crippen molar-refractivity contribution in [3.05, 3.63) is 198 Å². The number of nitrogens with zero attached hydrogens (tertiary/aromatic N) is 2. The molecule has 0 N–H and O–H groups in total. The van der Waals surface area contributed by atoms with Crippen LogP contribution in [0.3, 0.4) is 0 Å². The number of benzene rings is 7. The summed E-state index contributed by atoms with van der Waals surface area (Å²) in [7, 11) is 0. The van der Waals surface area contributed by atoms with E-state index in [2.05, 4.69) is 188 Å². The summed E-state index contributed by atoms with van der Waals surface area (Å²) in [5.41, 5.74) is 18.3. The number of hydrogen-bond acceptors (Lipinski definition) is 2. The van der Waals surface area contributed by atoms with Gasteiger partial charge in [-0.1, -0.05) is 140 Å². The lowest BCUT2D eigenvalue weighted by atomic mass is 9.70. The molecule has 2 aliphatic carbocycles. The van der Waals surface area contributed by atoms with Gasteiger partial charge in [0.1, 0.15) is 17.0 Å². The van der Waals surface area contributed by atoms with Gasteiger partial charge in [-0.15, -0.1) is 0 Å². The van der Waals surface area contributed by atoms with Crippen LogP contribution in [0.1, 0.15) is 36.1 Å². The molecule has 3 heteroatoms. The Morgan fingerprint density at radius 3 is 2.09 bits per heavy atom. The van der Waals surface area contributed by atoms with Crippen molar-refractivity contribution in [3.63, 3.8) is 0 Å². The topological polar surface area (TPSA) is 31.0 Å². The maximum absolute atomic E-state index is 6.72. The largest absolute Gasteiger partial charge is 0.455 e. The van der Waals surface area contributed by atoms with Crippen LogP contribution in [0.4, 0.5) is 0 Å². The number of hydrogen-bond donors (Lipinski definition) is 0. The van der Waals surface area contributed by atoms with Gasteiger partial charge in [-0.25, -0.2) is 4.98 Å². The van der Waals surface area contributed by atoms with Gasteiger partial charge in [0.05, 0.1) is 16.4 Å². The zero-order chi connectivity index (χ0) is 35.3. The summed E-state index contributed by atoms with van der Waals surface area (Å²) >= 11 is 0. The summed E-state index contributed by atoms with van der Waals surface area (Å²) < 4.78 is 8.98. The van der Waals surface area contributed by atoms with Crippen LogP contribution in [0.5, 0.6) is 0 Å². The van der Waals surface area contributed by atoms with E-state index in [0.29, 0.717) is 0 Å². The van der Waals surface area contributed by atoms with Crippen molar-refractivity contribution in [2.75, 3.05) is 0 Å². The Bertz CT molecular complexity index is 3010. The Balaban J connectivity index is 1.13. The van der Waals surface area contributed by atoms with Crippen LogP contribution in [0.2, 0.25) is 0 Å². The van der Waals surface area contributed by atoms with Gasteiger partial charge < -0.3 is 4.42 Å². The quantitative estimate of drug-likeness (QED) is 0.186. The molecule has 1 atom stereocenters. The summed E-state index contributed by atoms with van der Waals surface area (Å²) in [6, 6.07) is 56.8. The molecular weight excluding hydrogens is 645 g/mol. The van der Waals surface area contributed by atoms with E-state index in [0.717, 1.165) is 50.0 Å². The lowest BCUT2D eigenvalue weighted by Crippen LogP contribution is -2.26. The molecule has 0 saturated heterocycles. The van der Waals surface area contributed by atoms with Gasteiger partial charge in [0.25, 0.3) is 0 Å². The molecule has 3 nitrogen and oxygen atoms in total. The highest BCUT2D eigenvalue weighted by Crippen LogP contribution is 2.66. The average molecular weight is 679 g/mol. The van der Waals surface area contributed by atoms with Crippen LogP contribution in [0.25, 0.3) is 77.9 Å².